The largest absolute Gasteiger partial charge is 0.275 e. The number of aromatic nitrogens is 4. The summed E-state index contributed by atoms with van der Waals surface area (Å²) in [6, 6.07) is 0. The lowest BCUT2D eigenvalue weighted by atomic mass is 10.3. The minimum atomic E-state index is -3.83. The first-order valence-corrected chi connectivity index (χ1v) is 6.14. The van der Waals surface area contributed by atoms with Crippen molar-refractivity contribution in [3.05, 3.63) is 24.8 Å². The van der Waals surface area contributed by atoms with Gasteiger partial charge in [0.15, 0.2) is 0 Å². The molecule has 0 unspecified atom stereocenters. The molecular weight excluding hydrogens is 240 g/mol. The lowest BCUT2D eigenvalue weighted by Gasteiger charge is -1.97. The average Bonchev–Trinajstić information content (AvgIpc) is 2.67. The molecule has 0 aliphatic carbocycles. The Balaban J connectivity index is 2.61. The summed E-state index contributed by atoms with van der Waals surface area (Å²) >= 11 is 0. The van der Waals surface area contributed by atoms with Gasteiger partial charge in [0.1, 0.15) is 16.3 Å². The summed E-state index contributed by atoms with van der Waals surface area (Å²) in [6.45, 7) is 0. The van der Waals surface area contributed by atoms with Crippen molar-refractivity contribution in [3.8, 4) is 11.4 Å². The fourth-order valence-electron chi connectivity index (χ4n) is 1.07. The van der Waals surface area contributed by atoms with Gasteiger partial charge in [0, 0.05) is 23.1 Å². The van der Waals surface area contributed by atoms with Gasteiger partial charge in [-0.1, -0.05) is 0 Å². The third-order valence-corrected chi connectivity index (χ3v) is 3.02. The van der Waals surface area contributed by atoms with Gasteiger partial charge in [0.2, 0.25) is 0 Å². The lowest BCUT2D eigenvalue weighted by molar-refractivity contribution is 0.610. The highest BCUT2D eigenvalue weighted by Crippen LogP contribution is 2.24. The Morgan fingerprint density at radius 3 is 2.67 bits per heavy atom. The van der Waals surface area contributed by atoms with E-state index >= 15 is 0 Å². The maximum Gasteiger partial charge on any atom is 0.265 e. The summed E-state index contributed by atoms with van der Waals surface area (Å²) in [5.74, 6) is 0. The maximum atomic E-state index is 11.1. The van der Waals surface area contributed by atoms with E-state index in [2.05, 4.69) is 20.2 Å². The summed E-state index contributed by atoms with van der Waals surface area (Å²) in [7, 11) is 1.39. The van der Waals surface area contributed by atoms with Crippen LogP contribution in [0.2, 0.25) is 0 Å². The van der Waals surface area contributed by atoms with Crippen molar-refractivity contribution in [2.45, 2.75) is 4.90 Å². The fourth-order valence-corrected chi connectivity index (χ4v) is 2.00. The third-order valence-electron chi connectivity index (χ3n) is 1.69. The maximum absolute atomic E-state index is 11.1. The summed E-state index contributed by atoms with van der Waals surface area (Å²) in [5.41, 5.74) is 0.604. The average molecular weight is 245 g/mol. The van der Waals surface area contributed by atoms with E-state index in [1.807, 2.05) is 0 Å². The van der Waals surface area contributed by atoms with E-state index in [4.69, 9.17) is 10.7 Å². The van der Waals surface area contributed by atoms with E-state index in [0.717, 1.165) is 6.20 Å². The van der Waals surface area contributed by atoms with Crippen LogP contribution >= 0.6 is 10.7 Å². The standard InChI is InChI=1S/C7H5ClN4O2S/c8-15(13,14)6-4-11-12-7(6)5-3-9-1-2-10-5/h1-4H,(H,11,12). The molecule has 0 atom stereocenters. The Labute approximate surface area is 89.8 Å². The zero-order valence-corrected chi connectivity index (χ0v) is 8.83. The zero-order valence-electron chi connectivity index (χ0n) is 7.25. The number of aromatic amines is 1. The topological polar surface area (TPSA) is 88.6 Å². The van der Waals surface area contributed by atoms with Crippen LogP contribution in [0, 0.1) is 0 Å². The van der Waals surface area contributed by atoms with E-state index in [0.29, 0.717) is 5.69 Å². The Morgan fingerprint density at radius 1 is 1.27 bits per heavy atom. The molecule has 2 aromatic heterocycles. The number of H-pyrrole nitrogens is 1. The first kappa shape index (κ1) is 10.1. The van der Waals surface area contributed by atoms with Gasteiger partial charge in [-0.2, -0.15) is 5.10 Å². The molecule has 0 bridgehead atoms. The van der Waals surface area contributed by atoms with Gasteiger partial charge in [0.05, 0.1) is 12.4 Å². The summed E-state index contributed by atoms with van der Waals surface area (Å²) in [6.07, 6.45) is 5.47. The number of hydrogen-bond donors (Lipinski definition) is 1. The van der Waals surface area contributed by atoms with Gasteiger partial charge < -0.3 is 0 Å². The number of nitrogens with one attached hydrogen (secondary N) is 1. The predicted molar refractivity (Wildman–Crippen MR) is 52.7 cm³/mol. The highest BCUT2D eigenvalue weighted by Gasteiger charge is 2.19. The third kappa shape index (κ3) is 1.97. The van der Waals surface area contributed by atoms with Gasteiger partial charge in [-0.25, -0.2) is 8.42 Å². The molecule has 0 aliphatic heterocycles. The Morgan fingerprint density at radius 2 is 2.07 bits per heavy atom. The van der Waals surface area contributed by atoms with Gasteiger partial charge in [-0.3, -0.25) is 15.1 Å². The molecule has 1 N–H and O–H groups in total. The van der Waals surface area contributed by atoms with E-state index in [1.54, 1.807) is 0 Å². The molecule has 0 aromatic carbocycles. The number of halogens is 1. The number of hydrogen-bond acceptors (Lipinski definition) is 5. The zero-order chi connectivity index (χ0) is 10.9. The van der Waals surface area contributed by atoms with Crippen LogP contribution in [0.1, 0.15) is 0 Å². The monoisotopic (exact) mass is 244 g/mol. The van der Waals surface area contributed by atoms with Gasteiger partial charge >= 0.3 is 0 Å². The van der Waals surface area contributed by atoms with Crippen molar-refractivity contribution in [1.82, 2.24) is 20.2 Å². The molecule has 2 aromatic rings. The van der Waals surface area contributed by atoms with Crippen LogP contribution in [0.15, 0.2) is 29.7 Å². The fraction of sp³-hybridized carbons (Fsp3) is 0. The first-order valence-electron chi connectivity index (χ1n) is 3.83. The van der Waals surface area contributed by atoms with Gasteiger partial charge in [-0.15, -0.1) is 0 Å². The molecule has 0 saturated carbocycles. The van der Waals surface area contributed by atoms with Gasteiger partial charge in [0.25, 0.3) is 9.05 Å². The highest BCUT2D eigenvalue weighted by molar-refractivity contribution is 8.13. The van der Waals surface area contributed by atoms with Crippen LogP contribution in [0.25, 0.3) is 11.4 Å². The Kier molecular flexibility index (Phi) is 2.41. The van der Waals surface area contributed by atoms with E-state index in [9.17, 15) is 8.42 Å². The minimum Gasteiger partial charge on any atom is -0.275 e. The molecule has 0 amide bonds. The van der Waals surface area contributed by atoms with Crippen molar-refractivity contribution >= 4 is 19.7 Å². The molecule has 15 heavy (non-hydrogen) atoms. The highest BCUT2D eigenvalue weighted by atomic mass is 35.7. The number of nitrogens with zero attached hydrogens (tertiary/aromatic N) is 3. The van der Waals surface area contributed by atoms with Crippen LogP contribution in [0.5, 0.6) is 0 Å². The van der Waals surface area contributed by atoms with Crippen molar-refractivity contribution in [2.24, 2.45) is 0 Å². The molecule has 0 spiro atoms. The predicted octanol–water partition coefficient (Wildman–Crippen LogP) is 0.794. The van der Waals surface area contributed by atoms with Crippen LogP contribution in [0.3, 0.4) is 0 Å². The quantitative estimate of drug-likeness (QED) is 0.789. The Hall–Kier alpha value is -1.47. The minimum absolute atomic E-state index is 0.107. The van der Waals surface area contributed by atoms with Crippen molar-refractivity contribution in [2.75, 3.05) is 0 Å². The molecular formula is C7H5ClN4O2S. The molecule has 0 radical (unpaired) electrons. The summed E-state index contributed by atoms with van der Waals surface area (Å²) in [5, 5.41) is 6.12. The molecule has 2 heterocycles. The molecule has 78 valence electrons. The molecule has 2 rings (SSSR count). The van der Waals surface area contributed by atoms with E-state index < -0.39 is 9.05 Å². The Bertz CT molecular complexity index is 566. The van der Waals surface area contributed by atoms with Crippen LogP contribution in [-0.2, 0) is 9.05 Å². The molecule has 0 saturated heterocycles. The van der Waals surface area contributed by atoms with Crippen LogP contribution in [-0.4, -0.2) is 28.6 Å². The molecule has 6 nitrogen and oxygen atoms in total. The second kappa shape index (κ2) is 3.59. The lowest BCUT2D eigenvalue weighted by Crippen LogP contribution is -1.93. The van der Waals surface area contributed by atoms with Crippen LogP contribution in [0.4, 0.5) is 0 Å². The number of rotatable bonds is 2. The van der Waals surface area contributed by atoms with Crippen LogP contribution < -0.4 is 0 Å². The second-order valence-corrected chi connectivity index (χ2v) is 5.17. The summed E-state index contributed by atoms with van der Waals surface area (Å²) < 4.78 is 22.3. The normalized spacial score (nSPS) is 11.5. The van der Waals surface area contributed by atoms with Crippen molar-refractivity contribution in [3.63, 3.8) is 0 Å². The molecule has 8 heteroatoms. The first-order chi connectivity index (χ1) is 7.09. The molecule has 0 fully saturated rings. The van der Waals surface area contributed by atoms with E-state index in [-0.39, 0.29) is 10.6 Å². The smallest absolute Gasteiger partial charge is 0.265 e. The van der Waals surface area contributed by atoms with E-state index in [1.165, 1.54) is 18.6 Å². The summed E-state index contributed by atoms with van der Waals surface area (Å²) in [4.78, 5) is 7.65. The second-order valence-electron chi connectivity index (χ2n) is 2.64. The van der Waals surface area contributed by atoms with Crippen molar-refractivity contribution < 1.29 is 8.42 Å². The van der Waals surface area contributed by atoms with Crippen molar-refractivity contribution in [1.29, 1.82) is 0 Å². The SMILES string of the molecule is O=S(=O)(Cl)c1cn[nH]c1-c1cnccn1. The van der Waals surface area contributed by atoms with Gasteiger partial charge in [-0.05, 0) is 0 Å². The molecule has 0 aliphatic rings.